The van der Waals surface area contributed by atoms with Crippen LogP contribution in [-0.4, -0.2) is 77.5 Å². The van der Waals surface area contributed by atoms with E-state index in [0.717, 1.165) is 4.90 Å². The minimum absolute atomic E-state index is 0.0895. The van der Waals surface area contributed by atoms with E-state index >= 15 is 0 Å². The summed E-state index contributed by atoms with van der Waals surface area (Å²) in [6, 6.07) is 0.0275. The Balaban J connectivity index is 1.55. The Bertz CT molecular complexity index is 1230. The number of rotatable bonds is 10. The standard InChI is InChI=1S/C27H32F5N5O5/c1-12(42-17-4-5-17)20(36-24(41)26(28,29)27(30,31)32)22(39)37-11-18-13-2-3-14(8-13)19(18)25(37,23(34)40)16(10-33)9-15-6-7-35-21(15)38/h2-3,12-20H,4-9,11H2,1H3,(H2,34,40)(H,35,38)(H,36,41)/t12-,13?,14?,15-,16-,18?,19?,20+,25?/m1/s1. The van der Waals surface area contributed by atoms with Gasteiger partial charge >= 0.3 is 18.0 Å². The summed E-state index contributed by atoms with van der Waals surface area (Å²) in [5.41, 5.74) is 4.02. The van der Waals surface area contributed by atoms with Crippen molar-refractivity contribution in [1.82, 2.24) is 15.5 Å². The van der Waals surface area contributed by atoms with Crippen LogP contribution in [0.15, 0.2) is 12.2 Å². The summed E-state index contributed by atoms with van der Waals surface area (Å²) in [6.45, 7) is 1.46. The second kappa shape index (κ2) is 10.5. The molecule has 15 heteroatoms. The Hall–Kier alpha value is -3.28. The van der Waals surface area contributed by atoms with Crippen LogP contribution in [0.5, 0.6) is 0 Å². The highest BCUT2D eigenvalue weighted by Crippen LogP contribution is 2.60. The van der Waals surface area contributed by atoms with Crippen LogP contribution < -0.4 is 16.4 Å². The first-order chi connectivity index (χ1) is 19.6. The van der Waals surface area contributed by atoms with Crippen molar-refractivity contribution < 1.29 is 45.9 Å². The Morgan fingerprint density at radius 2 is 1.88 bits per heavy atom. The van der Waals surface area contributed by atoms with Crippen molar-refractivity contribution in [2.75, 3.05) is 13.1 Å². The number of hydrogen-bond acceptors (Lipinski definition) is 6. The number of ether oxygens (including phenoxy) is 1. The van der Waals surface area contributed by atoms with E-state index in [4.69, 9.17) is 10.5 Å². The summed E-state index contributed by atoms with van der Waals surface area (Å²) in [6.07, 6.45) is -2.18. The molecule has 0 aromatic heterocycles. The highest BCUT2D eigenvalue weighted by atomic mass is 19.4. The van der Waals surface area contributed by atoms with Crippen LogP contribution in [0.2, 0.25) is 0 Å². The van der Waals surface area contributed by atoms with Gasteiger partial charge in [0.1, 0.15) is 11.6 Å². The fraction of sp³-hybridized carbons (Fsp3) is 0.741. The maximum Gasteiger partial charge on any atom is 0.463 e. The number of alkyl halides is 5. The molecule has 5 rings (SSSR count). The predicted octanol–water partition coefficient (Wildman–Crippen LogP) is 1.41. The molecule has 3 aliphatic carbocycles. The molecule has 2 bridgehead atoms. The number of halogens is 5. The van der Waals surface area contributed by atoms with Gasteiger partial charge in [0.2, 0.25) is 17.7 Å². The summed E-state index contributed by atoms with van der Waals surface area (Å²) in [4.78, 5) is 53.6. The van der Waals surface area contributed by atoms with Crippen LogP contribution >= 0.6 is 0 Å². The number of fused-ring (bicyclic) bond motifs is 5. The lowest BCUT2D eigenvalue weighted by Gasteiger charge is -2.46. The summed E-state index contributed by atoms with van der Waals surface area (Å²) in [5.74, 6) is -14.4. The summed E-state index contributed by atoms with van der Waals surface area (Å²) >= 11 is 0. The van der Waals surface area contributed by atoms with E-state index in [1.54, 1.807) is 5.32 Å². The number of nitriles is 1. The monoisotopic (exact) mass is 601 g/mol. The maximum absolute atomic E-state index is 14.3. The van der Waals surface area contributed by atoms with E-state index in [2.05, 4.69) is 11.4 Å². The van der Waals surface area contributed by atoms with Crippen molar-refractivity contribution in [2.45, 2.75) is 74.9 Å². The molecule has 2 heterocycles. The topological polar surface area (TPSA) is 155 Å². The molecule has 4 amide bonds. The zero-order valence-electron chi connectivity index (χ0n) is 22.7. The molecule has 2 aliphatic heterocycles. The van der Waals surface area contributed by atoms with Crippen LogP contribution in [0, 0.1) is 46.8 Å². The third-order valence-corrected chi connectivity index (χ3v) is 9.60. The third kappa shape index (κ3) is 4.71. The van der Waals surface area contributed by atoms with Gasteiger partial charge < -0.3 is 26.0 Å². The van der Waals surface area contributed by atoms with Crippen LogP contribution in [0.25, 0.3) is 0 Å². The summed E-state index contributed by atoms with van der Waals surface area (Å²) in [5, 5.41) is 14.6. The molecular weight excluding hydrogens is 569 g/mol. The normalized spacial score (nSPS) is 34.0. The van der Waals surface area contributed by atoms with Crippen molar-refractivity contribution >= 4 is 23.6 Å². The minimum Gasteiger partial charge on any atom is -0.373 e. The number of nitrogens with zero attached hydrogens (tertiary/aromatic N) is 2. The number of nitrogens with two attached hydrogens (primary N) is 1. The van der Waals surface area contributed by atoms with Crippen LogP contribution in [-0.2, 0) is 23.9 Å². The van der Waals surface area contributed by atoms with Crippen molar-refractivity contribution in [1.29, 1.82) is 5.26 Å². The van der Waals surface area contributed by atoms with E-state index in [-0.39, 0.29) is 42.7 Å². The molecule has 9 atom stereocenters. The van der Waals surface area contributed by atoms with Crippen molar-refractivity contribution in [3.05, 3.63) is 12.2 Å². The molecule has 42 heavy (non-hydrogen) atoms. The Labute approximate surface area is 238 Å². The highest BCUT2D eigenvalue weighted by molar-refractivity contribution is 5.97. The van der Waals surface area contributed by atoms with Crippen LogP contribution in [0.3, 0.4) is 0 Å². The maximum atomic E-state index is 14.3. The van der Waals surface area contributed by atoms with E-state index in [0.29, 0.717) is 32.2 Å². The Morgan fingerprint density at radius 3 is 2.43 bits per heavy atom. The first kappa shape index (κ1) is 30.2. The molecule has 5 aliphatic rings. The van der Waals surface area contributed by atoms with Gasteiger partial charge in [-0.05, 0) is 56.8 Å². The van der Waals surface area contributed by atoms with Crippen molar-refractivity contribution in [3.63, 3.8) is 0 Å². The van der Waals surface area contributed by atoms with E-state index in [9.17, 15) is 46.4 Å². The average molecular weight is 602 g/mol. The third-order valence-electron chi connectivity index (χ3n) is 9.60. The number of primary amides is 1. The molecule has 2 saturated carbocycles. The lowest BCUT2D eigenvalue weighted by molar-refractivity contribution is -0.270. The SMILES string of the molecule is C[C@@H](OC1CC1)[C@H](NC(=O)C(F)(F)C(F)(F)F)C(=O)N1CC2C3C=CC(C3)C2C1(C(N)=O)[C@@H](C#N)C[C@H]1CCNC1=O. The van der Waals surface area contributed by atoms with Gasteiger partial charge in [0, 0.05) is 24.9 Å². The molecule has 0 radical (unpaired) electrons. The molecule has 10 nitrogen and oxygen atoms in total. The largest absolute Gasteiger partial charge is 0.463 e. The molecule has 0 spiro atoms. The van der Waals surface area contributed by atoms with Gasteiger partial charge in [-0.2, -0.15) is 27.2 Å². The molecule has 4 fully saturated rings. The van der Waals surface area contributed by atoms with Crippen LogP contribution in [0.4, 0.5) is 22.0 Å². The quantitative estimate of drug-likeness (QED) is 0.254. The second-order valence-corrected chi connectivity index (χ2v) is 12.0. The predicted molar refractivity (Wildman–Crippen MR) is 133 cm³/mol. The molecule has 2 saturated heterocycles. The smallest absolute Gasteiger partial charge is 0.373 e. The number of nitrogens with one attached hydrogen (secondary N) is 2. The van der Waals surface area contributed by atoms with Gasteiger partial charge in [0.25, 0.3) is 0 Å². The molecule has 5 unspecified atom stereocenters. The molecular formula is C27H32F5N5O5. The molecule has 0 aromatic rings. The van der Waals surface area contributed by atoms with Gasteiger partial charge in [-0.1, -0.05) is 12.2 Å². The number of carbonyl (C=O) groups is 4. The summed E-state index contributed by atoms with van der Waals surface area (Å²) < 4.78 is 72.8. The first-order valence-electron chi connectivity index (χ1n) is 14.0. The number of carbonyl (C=O) groups excluding carboxylic acids is 4. The lowest BCUT2D eigenvalue weighted by Crippen LogP contribution is -2.68. The van der Waals surface area contributed by atoms with Gasteiger partial charge in [-0.25, -0.2) is 0 Å². The molecule has 230 valence electrons. The van der Waals surface area contributed by atoms with Crippen molar-refractivity contribution in [3.8, 4) is 6.07 Å². The number of hydrogen-bond donors (Lipinski definition) is 3. The number of allylic oxidation sites excluding steroid dienone is 2. The fourth-order valence-electron chi connectivity index (χ4n) is 7.51. The zero-order chi connectivity index (χ0) is 30.8. The van der Waals surface area contributed by atoms with Gasteiger partial charge in [-0.3, -0.25) is 19.2 Å². The Morgan fingerprint density at radius 1 is 1.21 bits per heavy atom. The average Bonchev–Trinajstić information content (AvgIpc) is 3.25. The van der Waals surface area contributed by atoms with Gasteiger partial charge in [-0.15, -0.1) is 0 Å². The highest BCUT2D eigenvalue weighted by Gasteiger charge is 2.70. The van der Waals surface area contributed by atoms with E-state index in [1.165, 1.54) is 6.92 Å². The van der Waals surface area contributed by atoms with Crippen LogP contribution in [0.1, 0.15) is 39.0 Å². The van der Waals surface area contributed by atoms with Gasteiger partial charge in [0.05, 0.1) is 24.2 Å². The fourth-order valence-corrected chi connectivity index (χ4v) is 7.51. The van der Waals surface area contributed by atoms with E-state index < -0.39 is 65.3 Å². The van der Waals surface area contributed by atoms with E-state index in [1.807, 2.05) is 12.2 Å². The first-order valence-corrected chi connectivity index (χ1v) is 14.0. The minimum atomic E-state index is -6.23. The molecule has 4 N–H and O–H groups in total. The Kier molecular flexibility index (Phi) is 7.52. The number of amides is 4. The number of likely N-dealkylation sites (tertiary alicyclic amines) is 1. The van der Waals surface area contributed by atoms with Gasteiger partial charge in [0.15, 0.2) is 0 Å². The lowest BCUT2D eigenvalue weighted by atomic mass is 9.65. The zero-order valence-corrected chi connectivity index (χ0v) is 22.7. The summed E-state index contributed by atoms with van der Waals surface area (Å²) in [7, 11) is 0. The molecule has 0 aromatic carbocycles. The second-order valence-electron chi connectivity index (χ2n) is 12.0. The van der Waals surface area contributed by atoms with Crippen molar-refractivity contribution in [2.24, 2.45) is 41.2 Å².